The lowest BCUT2D eigenvalue weighted by atomic mass is 10.0. The van der Waals surface area contributed by atoms with Crippen LogP contribution in [0, 0.1) is 17.0 Å². The lowest BCUT2D eigenvalue weighted by Gasteiger charge is -2.29. The molecule has 7 nitrogen and oxygen atoms in total. The predicted octanol–water partition coefficient (Wildman–Crippen LogP) is 4.48. The zero-order chi connectivity index (χ0) is 21.8. The Balaban J connectivity index is 1.68. The molecule has 7 heteroatoms. The van der Waals surface area contributed by atoms with E-state index in [0.29, 0.717) is 19.7 Å². The van der Waals surface area contributed by atoms with Crippen molar-refractivity contribution in [1.82, 2.24) is 4.90 Å². The summed E-state index contributed by atoms with van der Waals surface area (Å²) in [5.41, 5.74) is 2.63. The number of nitro groups is 1. The lowest BCUT2D eigenvalue weighted by molar-refractivity contribution is -0.384. The van der Waals surface area contributed by atoms with E-state index in [1.807, 2.05) is 59.5 Å². The number of nitrogens with one attached hydrogen (secondary N) is 1. The number of nitrogens with zero attached hydrogens (tertiary/aromatic N) is 2. The largest absolute Gasteiger partial charge is 0.492 e. The monoisotopic (exact) mass is 417 g/mol. The average molecular weight is 417 g/mol. The third-order valence-corrected chi connectivity index (χ3v) is 5.32. The quantitative estimate of drug-likeness (QED) is 0.489. The predicted molar refractivity (Wildman–Crippen MR) is 118 cm³/mol. The minimum Gasteiger partial charge on any atom is -0.492 e. The van der Waals surface area contributed by atoms with Crippen molar-refractivity contribution in [3.05, 3.63) is 99.6 Å². The Morgan fingerprint density at radius 2 is 1.84 bits per heavy atom. The van der Waals surface area contributed by atoms with Crippen molar-refractivity contribution in [3.63, 3.8) is 0 Å². The normalized spacial score (nSPS) is 14.6. The Morgan fingerprint density at radius 3 is 2.61 bits per heavy atom. The number of hydrogen-bond acceptors (Lipinski definition) is 5. The van der Waals surface area contributed by atoms with E-state index < -0.39 is 11.0 Å². The molecule has 1 aliphatic heterocycles. The van der Waals surface area contributed by atoms with Crippen LogP contribution in [0.15, 0.2) is 72.8 Å². The molecule has 0 bridgehead atoms. The highest BCUT2D eigenvalue weighted by Crippen LogP contribution is 2.31. The van der Waals surface area contributed by atoms with Crippen LogP contribution in [0.4, 0.5) is 11.4 Å². The summed E-state index contributed by atoms with van der Waals surface area (Å²) < 4.78 is 5.86. The van der Waals surface area contributed by atoms with E-state index in [4.69, 9.17) is 4.74 Å². The molecule has 0 aliphatic carbocycles. The molecule has 3 aromatic rings. The van der Waals surface area contributed by atoms with E-state index in [9.17, 15) is 14.9 Å². The van der Waals surface area contributed by atoms with Crippen molar-refractivity contribution >= 4 is 17.3 Å². The number of carbonyl (C=O) groups is 1. The first-order chi connectivity index (χ1) is 15.0. The number of carbonyl (C=O) groups excluding carboxylic acids is 1. The van der Waals surface area contributed by atoms with Crippen LogP contribution < -0.4 is 10.1 Å². The average Bonchev–Trinajstić information content (AvgIpc) is 2.98. The number of ether oxygens (including phenoxy) is 1. The molecule has 158 valence electrons. The van der Waals surface area contributed by atoms with Gasteiger partial charge in [-0.1, -0.05) is 54.6 Å². The molecule has 0 spiro atoms. The van der Waals surface area contributed by atoms with Gasteiger partial charge in [-0.05, 0) is 30.2 Å². The zero-order valence-electron chi connectivity index (χ0n) is 17.2. The van der Waals surface area contributed by atoms with Crippen molar-refractivity contribution in [2.24, 2.45) is 0 Å². The van der Waals surface area contributed by atoms with Crippen molar-refractivity contribution in [2.75, 3.05) is 18.5 Å². The topological polar surface area (TPSA) is 84.7 Å². The maximum absolute atomic E-state index is 13.5. The van der Waals surface area contributed by atoms with Gasteiger partial charge in [0.05, 0.1) is 4.92 Å². The van der Waals surface area contributed by atoms with E-state index in [1.165, 1.54) is 6.07 Å². The summed E-state index contributed by atoms with van der Waals surface area (Å²) in [5, 5.41) is 14.3. The van der Waals surface area contributed by atoms with Gasteiger partial charge in [-0.15, -0.1) is 0 Å². The SMILES string of the molecule is Cc1ccc(NC(=O)C(c2ccccc2)N2CCOc3ccccc3C2)c([N+](=O)[O-])c1. The molecule has 1 amide bonds. The second-order valence-corrected chi connectivity index (χ2v) is 7.51. The van der Waals surface area contributed by atoms with Crippen LogP contribution in [0.1, 0.15) is 22.7 Å². The summed E-state index contributed by atoms with van der Waals surface area (Å²) in [6.07, 6.45) is 0. The van der Waals surface area contributed by atoms with E-state index in [0.717, 1.165) is 22.4 Å². The summed E-state index contributed by atoms with van der Waals surface area (Å²) >= 11 is 0. The minimum absolute atomic E-state index is 0.121. The molecule has 3 aromatic carbocycles. The number of nitro benzene ring substituents is 1. The number of rotatable bonds is 5. The van der Waals surface area contributed by atoms with Gasteiger partial charge in [-0.2, -0.15) is 0 Å². The van der Waals surface area contributed by atoms with Crippen LogP contribution in [0.5, 0.6) is 5.75 Å². The fourth-order valence-electron chi connectivity index (χ4n) is 3.83. The number of hydrogen-bond donors (Lipinski definition) is 1. The Labute approximate surface area is 180 Å². The Hall–Kier alpha value is -3.71. The van der Waals surface area contributed by atoms with E-state index in [2.05, 4.69) is 5.32 Å². The smallest absolute Gasteiger partial charge is 0.293 e. The standard InChI is InChI=1S/C24H23N3O4/c1-17-11-12-20(21(15-17)27(29)30)25-24(28)23(18-7-3-2-4-8-18)26-13-14-31-22-10-6-5-9-19(22)16-26/h2-12,15,23H,13-14,16H2,1H3,(H,25,28). The minimum atomic E-state index is -0.628. The molecule has 0 saturated heterocycles. The highest BCUT2D eigenvalue weighted by atomic mass is 16.6. The van der Waals surface area contributed by atoms with Gasteiger partial charge in [0.2, 0.25) is 5.91 Å². The molecule has 0 radical (unpaired) electrons. The Morgan fingerprint density at radius 1 is 1.10 bits per heavy atom. The van der Waals surface area contributed by atoms with E-state index in [1.54, 1.807) is 19.1 Å². The maximum Gasteiger partial charge on any atom is 0.293 e. The molecular formula is C24H23N3O4. The fourth-order valence-corrected chi connectivity index (χ4v) is 3.83. The molecular weight excluding hydrogens is 394 g/mol. The van der Waals surface area contributed by atoms with Crippen LogP contribution in [-0.4, -0.2) is 28.9 Å². The molecule has 31 heavy (non-hydrogen) atoms. The molecule has 1 heterocycles. The second kappa shape index (κ2) is 8.97. The molecule has 0 fully saturated rings. The first-order valence-corrected chi connectivity index (χ1v) is 10.1. The van der Waals surface area contributed by atoms with Crippen LogP contribution in [-0.2, 0) is 11.3 Å². The Bertz CT molecular complexity index is 1100. The van der Waals surface area contributed by atoms with Gasteiger partial charge in [0, 0.05) is 24.7 Å². The number of amides is 1. The molecule has 0 saturated carbocycles. The van der Waals surface area contributed by atoms with Gasteiger partial charge < -0.3 is 10.1 Å². The van der Waals surface area contributed by atoms with E-state index in [-0.39, 0.29) is 17.3 Å². The van der Waals surface area contributed by atoms with Crippen LogP contribution in [0.25, 0.3) is 0 Å². The van der Waals surface area contributed by atoms with Gasteiger partial charge in [0.25, 0.3) is 5.69 Å². The number of para-hydroxylation sites is 1. The summed E-state index contributed by atoms with van der Waals surface area (Å²) in [6, 6.07) is 21.4. The number of aryl methyl sites for hydroxylation is 1. The van der Waals surface area contributed by atoms with E-state index >= 15 is 0 Å². The maximum atomic E-state index is 13.5. The zero-order valence-corrected chi connectivity index (χ0v) is 17.2. The second-order valence-electron chi connectivity index (χ2n) is 7.51. The molecule has 4 rings (SSSR count). The molecule has 1 aliphatic rings. The number of anilines is 1. The van der Waals surface area contributed by atoms with Crippen molar-refractivity contribution < 1.29 is 14.5 Å². The first kappa shape index (κ1) is 20.6. The molecule has 0 aromatic heterocycles. The summed E-state index contributed by atoms with van der Waals surface area (Å²) in [4.78, 5) is 26.5. The van der Waals surface area contributed by atoms with Crippen LogP contribution in [0.2, 0.25) is 0 Å². The highest BCUT2D eigenvalue weighted by molar-refractivity contribution is 5.97. The molecule has 1 atom stereocenters. The molecule has 1 N–H and O–H groups in total. The third-order valence-electron chi connectivity index (χ3n) is 5.32. The van der Waals surface area contributed by atoms with Gasteiger partial charge in [-0.25, -0.2) is 0 Å². The van der Waals surface area contributed by atoms with Crippen molar-refractivity contribution in [1.29, 1.82) is 0 Å². The van der Waals surface area contributed by atoms with Crippen LogP contribution in [0.3, 0.4) is 0 Å². The van der Waals surface area contributed by atoms with Crippen LogP contribution >= 0.6 is 0 Å². The fraction of sp³-hybridized carbons (Fsp3) is 0.208. The van der Waals surface area contributed by atoms with Gasteiger partial charge in [0.1, 0.15) is 24.1 Å². The van der Waals surface area contributed by atoms with Gasteiger partial charge in [0.15, 0.2) is 0 Å². The highest BCUT2D eigenvalue weighted by Gasteiger charge is 2.31. The number of benzene rings is 3. The lowest BCUT2D eigenvalue weighted by Crippen LogP contribution is -2.38. The summed E-state index contributed by atoms with van der Waals surface area (Å²) in [6.45, 7) is 3.29. The molecule has 1 unspecified atom stereocenters. The summed E-state index contributed by atoms with van der Waals surface area (Å²) in [5.74, 6) is 0.490. The van der Waals surface area contributed by atoms with Crippen molar-refractivity contribution in [2.45, 2.75) is 19.5 Å². The summed E-state index contributed by atoms with van der Waals surface area (Å²) in [7, 11) is 0. The third kappa shape index (κ3) is 4.57. The Kier molecular flexibility index (Phi) is 5.95. The number of fused-ring (bicyclic) bond motifs is 1. The van der Waals surface area contributed by atoms with Crippen molar-refractivity contribution in [3.8, 4) is 5.75 Å². The first-order valence-electron chi connectivity index (χ1n) is 10.1. The van der Waals surface area contributed by atoms with Gasteiger partial charge in [-0.3, -0.25) is 19.8 Å². The van der Waals surface area contributed by atoms with Gasteiger partial charge >= 0.3 is 0 Å².